The first-order chi connectivity index (χ1) is 4.95. The molecule has 0 saturated carbocycles. The molecule has 0 rings (SSSR count). The fraction of sp³-hybridized carbons (Fsp3) is 0.400. The van der Waals surface area contributed by atoms with Gasteiger partial charge >= 0.3 is 12.0 Å². The van der Waals surface area contributed by atoms with Crippen LogP contribution in [0.2, 0.25) is 0 Å². The lowest BCUT2D eigenvalue weighted by molar-refractivity contribution is -0.145. The van der Waals surface area contributed by atoms with Gasteiger partial charge in [-0.15, -0.1) is 0 Å². The summed E-state index contributed by atoms with van der Waals surface area (Å²) >= 11 is 0. The molecule has 0 aromatic rings. The van der Waals surface area contributed by atoms with Crippen molar-refractivity contribution in [2.45, 2.75) is 6.92 Å². The van der Waals surface area contributed by atoms with E-state index < -0.39 is 23.8 Å². The Labute approximate surface area is 62.4 Å². The number of nitrogens with one attached hydrogen (secondary N) is 1. The first-order valence-electron chi connectivity index (χ1n) is 2.78. The predicted molar refractivity (Wildman–Crippen MR) is 34.5 cm³/mol. The molecule has 1 atom stereocenters. The number of urea groups is 1. The molecule has 0 aliphatic carbocycles. The number of imide groups is 1. The number of amides is 3. The molecule has 62 valence electrons. The van der Waals surface area contributed by atoms with Crippen molar-refractivity contribution in [3.05, 3.63) is 0 Å². The number of carboxylic acids is 1. The number of hydrogen-bond donors (Lipinski definition) is 3. The number of aliphatic carboxylic acids is 1. The summed E-state index contributed by atoms with van der Waals surface area (Å²) < 4.78 is 0. The molecule has 0 heterocycles. The minimum atomic E-state index is -1.30. The van der Waals surface area contributed by atoms with Crippen molar-refractivity contribution in [2.24, 2.45) is 11.7 Å². The minimum absolute atomic E-state index is 0.912. The molecule has 6 heteroatoms. The molecular weight excluding hydrogens is 152 g/mol. The zero-order valence-corrected chi connectivity index (χ0v) is 5.83. The van der Waals surface area contributed by atoms with Gasteiger partial charge in [0.15, 0.2) is 0 Å². The number of hydrogen-bond acceptors (Lipinski definition) is 3. The van der Waals surface area contributed by atoms with E-state index in [1.807, 2.05) is 0 Å². The number of nitrogens with two attached hydrogens (primary N) is 1. The number of rotatable bonds is 2. The molecule has 0 aromatic carbocycles. The molecule has 1 unspecified atom stereocenters. The van der Waals surface area contributed by atoms with Gasteiger partial charge in [0.05, 0.1) is 0 Å². The Balaban J connectivity index is 4.04. The van der Waals surface area contributed by atoms with Crippen molar-refractivity contribution in [3.8, 4) is 0 Å². The van der Waals surface area contributed by atoms with E-state index in [4.69, 9.17) is 5.11 Å². The maximum absolute atomic E-state index is 10.6. The molecule has 4 N–H and O–H groups in total. The van der Waals surface area contributed by atoms with Crippen LogP contribution in [0.5, 0.6) is 0 Å². The Morgan fingerprint density at radius 3 is 2.18 bits per heavy atom. The third-order valence-corrected chi connectivity index (χ3v) is 1.01. The SMILES string of the molecule is CC(C(=O)O)C(=O)NC(N)=O. The van der Waals surface area contributed by atoms with Crippen LogP contribution in [0.25, 0.3) is 0 Å². The highest BCUT2D eigenvalue weighted by Crippen LogP contribution is 1.92. The second kappa shape index (κ2) is 3.55. The minimum Gasteiger partial charge on any atom is -0.481 e. The summed E-state index contributed by atoms with van der Waals surface area (Å²) in [5.74, 6) is -3.48. The molecular formula is C5H8N2O4. The van der Waals surface area contributed by atoms with Crippen LogP contribution in [-0.4, -0.2) is 23.0 Å². The number of carbonyl (C=O) groups excluding carboxylic acids is 2. The Kier molecular flexibility index (Phi) is 3.03. The molecule has 0 radical (unpaired) electrons. The Bertz CT molecular complexity index is 201. The first kappa shape index (κ1) is 9.41. The topological polar surface area (TPSA) is 109 Å². The third kappa shape index (κ3) is 3.19. The summed E-state index contributed by atoms with van der Waals surface area (Å²) in [6, 6.07) is -1.05. The fourth-order valence-corrected chi connectivity index (χ4v) is 0.342. The summed E-state index contributed by atoms with van der Waals surface area (Å²) in [6.45, 7) is 1.15. The van der Waals surface area contributed by atoms with Crippen molar-refractivity contribution in [1.29, 1.82) is 0 Å². The van der Waals surface area contributed by atoms with Gasteiger partial charge in [0.25, 0.3) is 0 Å². The van der Waals surface area contributed by atoms with E-state index >= 15 is 0 Å². The molecule has 11 heavy (non-hydrogen) atoms. The zero-order valence-electron chi connectivity index (χ0n) is 5.83. The van der Waals surface area contributed by atoms with E-state index in [0.717, 1.165) is 6.92 Å². The second-order valence-electron chi connectivity index (χ2n) is 1.91. The molecule has 0 fully saturated rings. The van der Waals surface area contributed by atoms with E-state index in [-0.39, 0.29) is 0 Å². The van der Waals surface area contributed by atoms with E-state index in [9.17, 15) is 14.4 Å². The lowest BCUT2D eigenvalue weighted by Crippen LogP contribution is -2.40. The Morgan fingerprint density at radius 2 is 1.91 bits per heavy atom. The van der Waals surface area contributed by atoms with Gasteiger partial charge in [0.1, 0.15) is 5.92 Å². The van der Waals surface area contributed by atoms with Crippen molar-refractivity contribution >= 4 is 17.9 Å². The average Bonchev–Trinajstić information content (AvgIpc) is 1.84. The smallest absolute Gasteiger partial charge is 0.318 e. The van der Waals surface area contributed by atoms with Crippen LogP contribution in [0.4, 0.5) is 4.79 Å². The summed E-state index contributed by atoms with van der Waals surface area (Å²) in [7, 11) is 0. The van der Waals surface area contributed by atoms with Gasteiger partial charge in [-0.3, -0.25) is 14.9 Å². The van der Waals surface area contributed by atoms with Crippen molar-refractivity contribution in [1.82, 2.24) is 5.32 Å². The quantitative estimate of drug-likeness (QED) is 0.445. The molecule has 0 spiro atoms. The van der Waals surface area contributed by atoms with Crippen molar-refractivity contribution in [2.75, 3.05) is 0 Å². The van der Waals surface area contributed by atoms with Gasteiger partial charge in [-0.05, 0) is 6.92 Å². The van der Waals surface area contributed by atoms with Crippen LogP contribution >= 0.6 is 0 Å². The van der Waals surface area contributed by atoms with Crippen LogP contribution in [0.3, 0.4) is 0 Å². The van der Waals surface area contributed by atoms with Gasteiger partial charge in [-0.1, -0.05) is 0 Å². The van der Waals surface area contributed by atoms with Crippen molar-refractivity contribution in [3.63, 3.8) is 0 Å². The summed E-state index contributed by atoms with van der Waals surface area (Å²) in [5, 5.41) is 9.90. The maximum Gasteiger partial charge on any atom is 0.318 e. The molecule has 3 amide bonds. The molecule has 0 bridgehead atoms. The average molecular weight is 160 g/mol. The van der Waals surface area contributed by atoms with Crippen LogP contribution in [-0.2, 0) is 9.59 Å². The van der Waals surface area contributed by atoms with E-state index in [0.29, 0.717) is 0 Å². The monoisotopic (exact) mass is 160 g/mol. The first-order valence-corrected chi connectivity index (χ1v) is 2.78. The van der Waals surface area contributed by atoms with Gasteiger partial charge in [0, 0.05) is 0 Å². The molecule has 0 aliphatic rings. The predicted octanol–water partition coefficient (Wildman–Crippen LogP) is -1.10. The van der Waals surface area contributed by atoms with E-state index in [2.05, 4.69) is 5.73 Å². The van der Waals surface area contributed by atoms with Crippen LogP contribution in [0, 0.1) is 5.92 Å². The van der Waals surface area contributed by atoms with Crippen LogP contribution in [0.1, 0.15) is 6.92 Å². The highest BCUT2D eigenvalue weighted by molar-refractivity contribution is 6.03. The van der Waals surface area contributed by atoms with Crippen LogP contribution in [0.15, 0.2) is 0 Å². The van der Waals surface area contributed by atoms with E-state index in [1.54, 1.807) is 5.32 Å². The summed E-state index contributed by atoms with van der Waals surface area (Å²) in [4.78, 5) is 30.7. The fourth-order valence-electron chi connectivity index (χ4n) is 0.342. The van der Waals surface area contributed by atoms with E-state index in [1.165, 1.54) is 0 Å². The van der Waals surface area contributed by atoms with Crippen molar-refractivity contribution < 1.29 is 19.5 Å². The van der Waals surface area contributed by atoms with Gasteiger partial charge in [-0.2, -0.15) is 0 Å². The highest BCUT2D eigenvalue weighted by Gasteiger charge is 2.20. The molecule has 0 saturated heterocycles. The third-order valence-electron chi connectivity index (χ3n) is 1.01. The Hall–Kier alpha value is -1.59. The number of carbonyl (C=O) groups is 3. The largest absolute Gasteiger partial charge is 0.481 e. The number of primary amides is 1. The maximum atomic E-state index is 10.6. The van der Waals surface area contributed by atoms with Gasteiger partial charge in [0.2, 0.25) is 5.91 Å². The van der Waals surface area contributed by atoms with Crippen LogP contribution < -0.4 is 11.1 Å². The molecule has 0 aliphatic heterocycles. The lowest BCUT2D eigenvalue weighted by Gasteiger charge is -2.03. The second-order valence-corrected chi connectivity index (χ2v) is 1.91. The molecule has 6 nitrogen and oxygen atoms in total. The normalized spacial score (nSPS) is 11.7. The Morgan fingerprint density at radius 1 is 1.45 bits per heavy atom. The number of carboxylic acid groups (broad SMARTS) is 1. The zero-order chi connectivity index (χ0) is 9.02. The lowest BCUT2D eigenvalue weighted by atomic mass is 10.2. The highest BCUT2D eigenvalue weighted by atomic mass is 16.4. The van der Waals surface area contributed by atoms with Gasteiger partial charge in [-0.25, -0.2) is 4.79 Å². The summed E-state index contributed by atoms with van der Waals surface area (Å²) in [6.07, 6.45) is 0. The summed E-state index contributed by atoms with van der Waals surface area (Å²) in [5.41, 5.74) is 4.57. The molecule has 0 aromatic heterocycles. The van der Waals surface area contributed by atoms with Gasteiger partial charge < -0.3 is 10.8 Å². The standard InChI is InChI=1S/C5H8N2O4/c1-2(4(9)10)3(8)7-5(6)11/h2H,1H3,(H,9,10)(H3,6,7,8,11).